The van der Waals surface area contributed by atoms with Crippen molar-refractivity contribution in [2.75, 3.05) is 32.7 Å². The molecule has 108 valence electrons. The van der Waals surface area contributed by atoms with E-state index in [2.05, 4.69) is 5.32 Å². The van der Waals surface area contributed by atoms with Crippen molar-refractivity contribution >= 4 is 22.1 Å². The number of carbonyl (C=O) groups is 2. The van der Waals surface area contributed by atoms with E-state index >= 15 is 0 Å². The van der Waals surface area contributed by atoms with E-state index in [4.69, 9.17) is 5.11 Å². The highest BCUT2D eigenvalue weighted by atomic mass is 32.2. The first-order valence-electron chi connectivity index (χ1n) is 6.16. The van der Waals surface area contributed by atoms with Gasteiger partial charge in [-0.15, -0.1) is 0 Å². The second-order valence-corrected chi connectivity index (χ2v) is 6.66. The molecule has 1 unspecified atom stereocenters. The molecule has 0 radical (unpaired) electrons. The first kappa shape index (κ1) is 14.2. The van der Waals surface area contributed by atoms with E-state index in [1.807, 2.05) is 0 Å². The van der Waals surface area contributed by atoms with Crippen molar-refractivity contribution in [2.24, 2.45) is 5.92 Å². The smallest absolute Gasteiger partial charge is 0.307 e. The third kappa shape index (κ3) is 3.04. The van der Waals surface area contributed by atoms with E-state index in [1.165, 1.54) is 4.31 Å². The van der Waals surface area contributed by atoms with Crippen LogP contribution in [0.3, 0.4) is 0 Å². The molecule has 1 amide bonds. The third-order valence-electron chi connectivity index (χ3n) is 3.39. The van der Waals surface area contributed by atoms with Crippen molar-refractivity contribution in [3.05, 3.63) is 0 Å². The third-order valence-corrected chi connectivity index (χ3v) is 5.34. The van der Waals surface area contributed by atoms with Gasteiger partial charge in [0.2, 0.25) is 5.91 Å². The number of carboxylic acid groups (broad SMARTS) is 1. The van der Waals surface area contributed by atoms with Crippen molar-refractivity contribution in [1.29, 1.82) is 0 Å². The molecule has 2 N–H and O–H groups in total. The number of carbonyl (C=O) groups excluding carboxylic acids is 1. The number of aliphatic carboxylic acids is 1. The number of nitrogens with one attached hydrogen (secondary N) is 1. The topological polar surface area (TPSA) is 107 Å². The Balaban J connectivity index is 2.10. The predicted molar refractivity (Wildman–Crippen MR) is 65.4 cm³/mol. The van der Waals surface area contributed by atoms with Gasteiger partial charge in [-0.25, -0.2) is 0 Å². The number of carboxylic acids is 1. The second-order valence-electron chi connectivity index (χ2n) is 4.73. The van der Waals surface area contributed by atoms with E-state index in [0.717, 1.165) is 4.31 Å². The van der Waals surface area contributed by atoms with Gasteiger partial charge in [-0.2, -0.15) is 17.0 Å². The molecular formula is C10H17N3O5S. The zero-order valence-corrected chi connectivity index (χ0v) is 11.2. The van der Waals surface area contributed by atoms with E-state index in [1.54, 1.807) is 0 Å². The number of amides is 1. The molecule has 0 spiro atoms. The summed E-state index contributed by atoms with van der Waals surface area (Å²) in [5.74, 6) is -1.97. The van der Waals surface area contributed by atoms with Gasteiger partial charge in [0.05, 0.1) is 12.5 Å². The molecule has 9 heteroatoms. The fourth-order valence-corrected chi connectivity index (χ4v) is 3.99. The number of hydrogen-bond acceptors (Lipinski definition) is 4. The standard InChI is InChI=1S/C10H17N3O5S/c14-9-7-13(5-3-11-9)19(17,18)12-4-1-2-8(6-12)10(15)16/h8H,1-7H2,(H,11,14)(H,15,16). The molecule has 0 aromatic heterocycles. The van der Waals surface area contributed by atoms with Gasteiger partial charge in [0, 0.05) is 26.2 Å². The summed E-state index contributed by atoms with van der Waals surface area (Å²) in [5.41, 5.74) is 0. The molecule has 2 fully saturated rings. The van der Waals surface area contributed by atoms with Crippen LogP contribution in [-0.4, -0.2) is 66.7 Å². The number of piperidine rings is 1. The van der Waals surface area contributed by atoms with E-state index in [-0.39, 0.29) is 32.1 Å². The van der Waals surface area contributed by atoms with Crippen LogP contribution in [0.5, 0.6) is 0 Å². The van der Waals surface area contributed by atoms with Crippen molar-refractivity contribution < 1.29 is 23.1 Å². The molecule has 0 saturated carbocycles. The molecule has 0 aromatic carbocycles. The highest BCUT2D eigenvalue weighted by molar-refractivity contribution is 7.86. The van der Waals surface area contributed by atoms with Gasteiger partial charge >= 0.3 is 5.97 Å². The Morgan fingerprint density at radius 2 is 2.05 bits per heavy atom. The zero-order valence-electron chi connectivity index (χ0n) is 10.4. The number of nitrogens with zero attached hydrogens (tertiary/aromatic N) is 2. The summed E-state index contributed by atoms with van der Waals surface area (Å²) in [7, 11) is -3.74. The Morgan fingerprint density at radius 1 is 1.32 bits per heavy atom. The predicted octanol–water partition coefficient (Wildman–Crippen LogP) is -1.54. The summed E-state index contributed by atoms with van der Waals surface area (Å²) >= 11 is 0. The summed E-state index contributed by atoms with van der Waals surface area (Å²) in [6.45, 7) is 0.604. The first-order valence-corrected chi connectivity index (χ1v) is 7.55. The lowest BCUT2D eigenvalue weighted by atomic mass is 10.0. The van der Waals surface area contributed by atoms with Crippen LogP contribution >= 0.6 is 0 Å². The minimum absolute atomic E-state index is 0.0181. The molecule has 2 rings (SSSR count). The largest absolute Gasteiger partial charge is 0.481 e. The highest BCUT2D eigenvalue weighted by Gasteiger charge is 2.37. The lowest BCUT2D eigenvalue weighted by Crippen LogP contribution is -2.56. The van der Waals surface area contributed by atoms with Crippen LogP contribution in [0, 0.1) is 5.92 Å². The average Bonchev–Trinajstić information content (AvgIpc) is 2.39. The van der Waals surface area contributed by atoms with Crippen molar-refractivity contribution in [1.82, 2.24) is 13.9 Å². The maximum atomic E-state index is 12.3. The molecule has 2 saturated heterocycles. The molecule has 2 heterocycles. The summed E-state index contributed by atoms with van der Waals surface area (Å²) in [6, 6.07) is 0. The van der Waals surface area contributed by atoms with Crippen LogP contribution in [0.1, 0.15) is 12.8 Å². The van der Waals surface area contributed by atoms with Crippen molar-refractivity contribution in [3.63, 3.8) is 0 Å². The van der Waals surface area contributed by atoms with Crippen molar-refractivity contribution in [3.8, 4) is 0 Å². The molecule has 2 aliphatic rings. The summed E-state index contributed by atoms with van der Waals surface area (Å²) in [4.78, 5) is 22.2. The molecule has 1 atom stereocenters. The quantitative estimate of drug-likeness (QED) is 0.655. The molecule has 0 bridgehead atoms. The van der Waals surface area contributed by atoms with Gasteiger partial charge in [0.25, 0.3) is 10.2 Å². The van der Waals surface area contributed by atoms with Gasteiger partial charge in [0.1, 0.15) is 0 Å². The minimum atomic E-state index is -3.74. The monoisotopic (exact) mass is 291 g/mol. The van der Waals surface area contributed by atoms with Crippen molar-refractivity contribution in [2.45, 2.75) is 12.8 Å². The van der Waals surface area contributed by atoms with Gasteiger partial charge in [-0.05, 0) is 12.8 Å². The maximum Gasteiger partial charge on any atom is 0.307 e. The van der Waals surface area contributed by atoms with Gasteiger partial charge < -0.3 is 10.4 Å². The normalized spacial score (nSPS) is 26.9. The molecule has 0 aliphatic carbocycles. The van der Waals surface area contributed by atoms with E-state index in [0.29, 0.717) is 19.4 Å². The fourth-order valence-electron chi connectivity index (χ4n) is 2.33. The SMILES string of the molecule is O=C1CN(S(=O)(=O)N2CCCC(C(=O)O)C2)CCN1. The Hall–Kier alpha value is -1.19. The van der Waals surface area contributed by atoms with Crippen LogP contribution in [0.15, 0.2) is 0 Å². The molecule has 0 aromatic rings. The van der Waals surface area contributed by atoms with Crippen LogP contribution < -0.4 is 5.32 Å². The Labute approximate surface area is 111 Å². The Bertz CT molecular complexity index is 478. The molecule has 8 nitrogen and oxygen atoms in total. The van der Waals surface area contributed by atoms with Crippen LogP contribution in [0.25, 0.3) is 0 Å². The Kier molecular flexibility index (Phi) is 4.07. The molecular weight excluding hydrogens is 274 g/mol. The lowest BCUT2D eigenvalue weighted by Gasteiger charge is -2.35. The van der Waals surface area contributed by atoms with E-state index < -0.39 is 22.1 Å². The Morgan fingerprint density at radius 3 is 2.68 bits per heavy atom. The lowest BCUT2D eigenvalue weighted by molar-refractivity contribution is -0.143. The van der Waals surface area contributed by atoms with E-state index in [9.17, 15) is 18.0 Å². The summed E-state index contributed by atoms with van der Waals surface area (Å²) in [5, 5.41) is 11.5. The number of piperazine rings is 1. The minimum Gasteiger partial charge on any atom is -0.481 e. The zero-order chi connectivity index (χ0) is 14.0. The maximum absolute atomic E-state index is 12.3. The summed E-state index contributed by atoms with van der Waals surface area (Å²) < 4.78 is 26.9. The fraction of sp³-hybridized carbons (Fsp3) is 0.800. The number of hydrogen-bond donors (Lipinski definition) is 2. The van der Waals surface area contributed by atoms with Gasteiger partial charge in [0.15, 0.2) is 0 Å². The second kappa shape index (κ2) is 5.43. The summed E-state index contributed by atoms with van der Waals surface area (Å²) in [6.07, 6.45) is 1.01. The molecule has 19 heavy (non-hydrogen) atoms. The van der Waals surface area contributed by atoms with Crippen LogP contribution in [0.2, 0.25) is 0 Å². The van der Waals surface area contributed by atoms with Crippen LogP contribution in [-0.2, 0) is 19.8 Å². The average molecular weight is 291 g/mol. The van der Waals surface area contributed by atoms with Gasteiger partial charge in [-0.1, -0.05) is 0 Å². The number of rotatable bonds is 3. The molecule has 2 aliphatic heterocycles. The van der Waals surface area contributed by atoms with Crippen LogP contribution in [0.4, 0.5) is 0 Å². The first-order chi connectivity index (χ1) is 8.91. The van der Waals surface area contributed by atoms with Gasteiger partial charge in [-0.3, -0.25) is 9.59 Å². The highest BCUT2D eigenvalue weighted by Crippen LogP contribution is 2.21.